The number of aromatic hydroxyl groups is 1. The van der Waals surface area contributed by atoms with Gasteiger partial charge in [0.2, 0.25) is 11.8 Å². The van der Waals surface area contributed by atoms with Crippen LogP contribution in [0.3, 0.4) is 0 Å². The van der Waals surface area contributed by atoms with Gasteiger partial charge in [0.15, 0.2) is 0 Å². The van der Waals surface area contributed by atoms with Gasteiger partial charge < -0.3 is 20.2 Å². The summed E-state index contributed by atoms with van der Waals surface area (Å²) >= 11 is 1.81. The largest absolute Gasteiger partial charge is 0.493 e. The fraction of sp³-hybridized carbons (Fsp3) is 0.611. The fourth-order valence-corrected chi connectivity index (χ4v) is 3.95. The van der Waals surface area contributed by atoms with Gasteiger partial charge >= 0.3 is 0 Å². The number of H-pyrrole nitrogens is 1. The molecule has 0 aliphatic heterocycles. The predicted molar refractivity (Wildman–Crippen MR) is 102 cm³/mol. The molecule has 1 fully saturated rings. The number of aromatic nitrogens is 2. The second kappa shape index (κ2) is 9.77. The summed E-state index contributed by atoms with van der Waals surface area (Å²) in [6.07, 6.45) is 8.34. The van der Waals surface area contributed by atoms with Crippen LogP contribution in [0.2, 0.25) is 0 Å². The minimum Gasteiger partial charge on any atom is -0.493 e. The van der Waals surface area contributed by atoms with Gasteiger partial charge in [0, 0.05) is 12.3 Å². The number of aromatic amines is 1. The summed E-state index contributed by atoms with van der Waals surface area (Å²) in [6.45, 7) is 2.72. The monoisotopic (exact) mass is 364 g/mol. The Morgan fingerprint density at radius 2 is 2.08 bits per heavy atom. The zero-order chi connectivity index (χ0) is 17.3. The molecule has 1 aliphatic carbocycles. The highest BCUT2D eigenvalue weighted by Gasteiger charge is 2.12. The van der Waals surface area contributed by atoms with E-state index < -0.39 is 0 Å². The van der Waals surface area contributed by atoms with Gasteiger partial charge in [-0.05, 0) is 37.4 Å². The van der Waals surface area contributed by atoms with Gasteiger partial charge in [-0.15, -0.1) is 0 Å². The molecular weight excluding hydrogens is 336 g/mol. The van der Waals surface area contributed by atoms with Crippen molar-refractivity contribution >= 4 is 17.7 Å². The number of hydrogen-bond acceptors (Lipinski definition) is 6. The molecule has 0 unspecified atom stereocenters. The molecule has 0 bridgehead atoms. The summed E-state index contributed by atoms with van der Waals surface area (Å²) in [5, 5.41) is 15.8. The minimum atomic E-state index is 0.0790. The third-order valence-corrected chi connectivity index (χ3v) is 5.50. The van der Waals surface area contributed by atoms with E-state index in [0.29, 0.717) is 5.95 Å². The Kier molecular flexibility index (Phi) is 7.11. The number of furan rings is 1. The number of nitrogens with zero attached hydrogens (tertiary/aromatic N) is 1. The highest BCUT2D eigenvalue weighted by molar-refractivity contribution is 7.98. The summed E-state index contributed by atoms with van der Waals surface area (Å²) in [7, 11) is 0. The number of thioether (sulfide) groups is 1. The molecule has 0 atom stereocenters. The number of nitrogens with one attached hydrogen (secondary N) is 3. The Morgan fingerprint density at radius 3 is 2.88 bits per heavy atom. The Balaban J connectivity index is 1.26. The lowest BCUT2D eigenvalue weighted by Gasteiger charge is -2.21. The zero-order valence-electron chi connectivity index (χ0n) is 14.6. The van der Waals surface area contributed by atoms with Crippen LogP contribution in [0.15, 0.2) is 22.7 Å². The lowest BCUT2D eigenvalue weighted by atomic mass is 9.89. The molecule has 4 N–H and O–H groups in total. The van der Waals surface area contributed by atoms with E-state index in [1.165, 1.54) is 38.3 Å². The van der Waals surface area contributed by atoms with Crippen molar-refractivity contribution < 1.29 is 9.52 Å². The number of imidazole rings is 1. The van der Waals surface area contributed by atoms with Crippen LogP contribution >= 0.6 is 11.8 Å². The van der Waals surface area contributed by atoms with E-state index >= 15 is 0 Å². The topological polar surface area (TPSA) is 86.1 Å². The van der Waals surface area contributed by atoms with Gasteiger partial charge in [-0.1, -0.05) is 19.3 Å². The molecule has 138 valence electrons. The molecular formula is C18H28N4O2S. The maximum Gasteiger partial charge on any atom is 0.210 e. The van der Waals surface area contributed by atoms with E-state index in [1.54, 1.807) is 0 Å². The van der Waals surface area contributed by atoms with E-state index in [-0.39, 0.29) is 5.88 Å². The van der Waals surface area contributed by atoms with E-state index in [2.05, 4.69) is 32.7 Å². The van der Waals surface area contributed by atoms with Crippen molar-refractivity contribution in [2.75, 3.05) is 24.2 Å². The van der Waals surface area contributed by atoms with Gasteiger partial charge in [-0.2, -0.15) is 11.8 Å². The summed E-state index contributed by atoms with van der Waals surface area (Å²) in [5.41, 5.74) is 0. The zero-order valence-corrected chi connectivity index (χ0v) is 15.4. The second-order valence-electron chi connectivity index (χ2n) is 6.60. The van der Waals surface area contributed by atoms with Crippen molar-refractivity contribution in [3.05, 3.63) is 29.9 Å². The first-order chi connectivity index (χ1) is 12.3. The van der Waals surface area contributed by atoms with Crippen molar-refractivity contribution in [1.29, 1.82) is 0 Å². The van der Waals surface area contributed by atoms with Gasteiger partial charge in [0.25, 0.3) is 0 Å². The molecule has 0 spiro atoms. The first-order valence-electron chi connectivity index (χ1n) is 9.13. The van der Waals surface area contributed by atoms with Gasteiger partial charge in [-0.25, -0.2) is 4.98 Å². The number of anilines is 1. The van der Waals surface area contributed by atoms with Gasteiger partial charge in [-0.3, -0.25) is 4.98 Å². The first kappa shape index (κ1) is 18.2. The Bertz CT molecular complexity index is 622. The summed E-state index contributed by atoms with van der Waals surface area (Å²) in [4.78, 5) is 6.72. The van der Waals surface area contributed by atoms with Gasteiger partial charge in [0.1, 0.15) is 11.5 Å². The molecule has 0 aromatic carbocycles. The van der Waals surface area contributed by atoms with Crippen LogP contribution in [0.5, 0.6) is 5.88 Å². The normalized spacial score (nSPS) is 15.5. The maximum atomic E-state index is 9.16. The minimum absolute atomic E-state index is 0.0790. The summed E-state index contributed by atoms with van der Waals surface area (Å²) in [5.74, 6) is 5.39. The highest BCUT2D eigenvalue weighted by atomic mass is 32.2. The first-order valence-corrected chi connectivity index (χ1v) is 10.3. The smallest absolute Gasteiger partial charge is 0.210 e. The molecule has 2 aromatic heterocycles. The average Bonchev–Trinajstić information content (AvgIpc) is 3.25. The number of hydrogen-bond donors (Lipinski definition) is 4. The molecule has 0 saturated heterocycles. The van der Waals surface area contributed by atoms with E-state index in [1.807, 2.05) is 11.8 Å². The molecule has 1 saturated carbocycles. The van der Waals surface area contributed by atoms with Crippen molar-refractivity contribution in [2.24, 2.45) is 5.92 Å². The van der Waals surface area contributed by atoms with Crippen LogP contribution in [0.4, 0.5) is 5.95 Å². The molecule has 3 rings (SSSR count). The molecule has 2 heterocycles. The van der Waals surface area contributed by atoms with Crippen LogP contribution in [0.25, 0.3) is 0 Å². The van der Waals surface area contributed by atoms with Crippen molar-refractivity contribution in [1.82, 2.24) is 15.3 Å². The van der Waals surface area contributed by atoms with Crippen molar-refractivity contribution in [3.63, 3.8) is 0 Å². The molecule has 7 heteroatoms. The van der Waals surface area contributed by atoms with E-state index in [0.717, 1.165) is 48.6 Å². The molecule has 25 heavy (non-hydrogen) atoms. The Hall–Kier alpha value is -1.60. The molecule has 2 aromatic rings. The molecule has 0 amide bonds. The van der Waals surface area contributed by atoms with E-state index in [9.17, 15) is 0 Å². The van der Waals surface area contributed by atoms with Crippen LogP contribution in [-0.2, 0) is 12.3 Å². The standard InChI is InChI=1S/C18H28N4O2S/c23-17-12-21-18(22-17)20-8-9-25-13-16-7-6-15(24-16)11-19-10-14-4-2-1-3-5-14/h6-7,12,14,19,23H,1-5,8-11,13H2,(H2,20,21,22). The Morgan fingerprint density at radius 1 is 1.24 bits per heavy atom. The predicted octanol–water partition coefficient (Wildman–Crippen LogP) is 3.72. The molecule has 0 radical (unpaired) electrons. The SMILES string of the molecule is Oc1cnc(NCCSCc2ccc(CNCC3CCCCC3)o2)[nH]1. The Labute approximate surface area is 153 Å². The van der Waals surface area contributed by atoms with Crippen LogP contribution in [0, 0.1) is 5.92 Å². The van der Waals surface area contributed by atoms with Crippen molar-refractivity contribution in [3.8, 4) is 5.88 Å². The molecule has 1 aliphatic rings. The van der Waals surface area contributed by atoms with Crippen LogP contribution in [-0.4, -0.2) is 33.9 Å². The van der Waals surface area contributed by atoms with Gasteiger partial charge in [0.05, 0.1) is 18.5 Å². The maximum absolute atomic E-state index is 9.16. The summed E-state index contributed by atoms with van der Waals surface area (Å²) < 4.78 is 5.89. The quantitative estimate of drug-likeness (QED) is 0.481. The van der Waals surface area contributed by atoms with E-state index in [4.69, 9.17) is 9.52 Å². The van der Waals surface area contributed by atoms with Crippen LogP contribution < -0.4 is 10.6 Å². The average molecular weight is 365 g/mol. The highest BCUT2D eigenvalue weighted by Crippen LogP contribution is 2.23. The lowest BCUT2D eigenvalue weighted by molar-refractivity contribution is 0.335. The van der Waals surface area contributed by atoms with Crippen LogP contribution in [0.1, 0.15) is 43.6 Å². The molecule has 6 nitrogen and oxygen atoms in total. The number of rotatable bonds is 10. The second-order valence-corrected chi connectivity index (χ2v) is 7.70. The fourth-order valence-electron chi connectivity index (χ4n) is 3.20. The van der Waals surface area contributed by atoms with Crippen molar-refractivity contribution in [2.45, 2.75) is 44.4 Å². The summed E-state index contributed by atoms with van der Waals surface area (Å²) in [6, 6.07) is 4.15. The lowest BCUT2D eigenvalue weighted by Crippen LogP contribution is -2.23. The third-order valence-electron chi connectivity index (χ3n) is 4.52. The third kappa shape index (κ3) is 6.32.